The Balaban J connectivity index is 1.90. The molecule has 5 heteroatoms. The van der Waals surface area contributed by atoms with Crippen LogP contribution in [-0.2, 0) is 0 Å². The molecule has 2 aromatic rings. The minimum atomic E-state index is -0.315. The van der Waals surface area contributed by atoms with Gasteiger partial charge in [-0.1, -0.05) is 12.1 Å². The molecule has 0 saturated carbocycles. The first-order valence-electron chi connectivity index (χ1n) is 6.70. The molecule has 0 radical (unpaired) electrons. The molecule has 0 saturated heterocycles. The molecule has 21 heavy (non-hydrogen) atoms. The summed E-state index contributed by atoms with van der Waals surface area (Å²) in [5.74, 6) is 0.457. The topological polar surface area (TPSA) is 62.4 Å². The molecule has 0 spiro atoms. The summed E-state index contributed by atoms with van der Waals surface area (Å²) in [6, 6.07) is 9.05. The van der Waals surface area contributed by atoms with E-state index in [1.54, 1.807) is 7.05 Å². The first-order valence-corrected chi connectivity index (χ1v) is 6.70. The summed E-state index contributed by atoms with van der Waals surface area (Å²) < 4.78 is 5.59. The van der Waals surface area contributed by atoms with Gasteiger partial charge in [0, 0.05) is 25.5 Å². The van der Waals surface area contributed by atoms with Gasteiger partial charge in [0.15, 0.2) is 5.43 Å². The van der Waals surface area contributed by atoms with Gasteiger partial charge in [0.25, 0.3) is 5.91 Å². The fraction of sp³-hybridized carbons (Fsp3) is 0.250. The summed E-state index contributed by atoms with van der Waals surface area (Å²) in [7, 11) is 1.65. The van der Waals surface area contributed by atoms with Crippen LogP contribution in [0.2, 0.25) is 0 Å². The highest BCUT2D eigenvalue weighted by Gasteiger charge is 2.14. The molecule has 0 atom stereocenters. The van der Waals surface area contributed by atoms with Crippen LogP contribution in [0.25, 0.3) is 0 Å². The van der Waals surface area contributed by atoms with Gasteiger partial charge in [-0.3, -0.25) is 9.59 Å². The fourth-order valence-electron chi connectivity index (χ4n) is 1.90. The predicted octanol–water partition coefficient (Wildman–Crippen LogP) is 1.83. The van der Waals surface area contributed by atoms with Gasteiger partial charge in [-0.25, -0.2) is 0 Å². The van der Waals surface area contributed by atoms with Gasteiger partial charge in [-0.05, 0) is 24.6 Å². The van der Waals surface area contributed by atoms with Crippen LogP contribution in [-0.4, -0.2) is 36.0 Å². The second kappa shape index (κ2) is 6.74. The highest BCUT2D eigenvalue weighted by atomic mass is 16.5. The number of aromatic nitrogens is 1. The molecule has 1 amide bonds. The van der Waals surface area contributed by atoms with Crippen LogP contribution >= 0.6 is 0 Å². The second-order valence-corrected chi connectivity index (χ2v) is 4.81. The highest BCUT2D eigenvalue weighted by Crippen LogP contribution is 2.12. The summed E-state index contributed by atoms with van der Waals surface area (Å²) in [5.41, 5.74) is 0.966. The van der Waals surface area contributed by atoms with E-state index in [1.165, 1.54) is 23.4 Å². The van der Waals surface area contributed by atoms with Crippen LogP contribution in [0.3, 0.4) is 0 Å². The molecule has 5 nitrogen and oxygen atoms in total. The monoisotopic (exact) mass is 286 g/mol. The zero-order valence-electron chi connectivity index (χ0n) is 12.1. The molecule has 1 heterocycles. The minimum Gasteiger partial charge on any atom is -0.492 e. The maximum Gasteiger partial charge on any atom is 0.259 e. The van der Waals surface area contributed by atoms with Crippen LogP contribution in [0.4, 0.5) is 0 Å². The zero-order chi connectivity index (χ0) is 15.2. The molecule has 2 rings (SSSR count). The van der Waals surface area contributed by atoms with Crippen molar-refractivity contribution in [3.05, 3.63) is 64.1 Å². The Hall–Kier alpha value is -2.56. The lowest BCUT2D eigenvalue weighted by molar-refractivity contribution is 0.0772. The number of carbonyl (C=O) groups excluding carboxylic acids is 1. The molecule has 1 aromatic heterocycles. The smallest absolute Gasteiger partial charge is 0.259 e. The van der Waals surface area contributed by atoms with Crippen molar-refractivity contribution in [2.24, 2.45) is 0 Å². The van der Waals surface area contributed by atoms with Crippen molar-refractivity contribution in [2.75, 3.05) is 20.2 Å². The van der Waals surface area contributed by atoms with E-state index in [0.717, 1.165) is 11.3 Å². The van der Waals surface area contributed by atoms with Gasteiger partial charge in [0.05, 0.1) is 6.54 Å². The largest absolute Gasteiger partial charge is 0.492 e. The number of hydrogen-bond donors (Lipinski definition) is 1. The number of nitrogens with zero attached hydrogens (tertiary/aromatic N) is 1. The molecule has 0 bridgehead atoms. The average molecular weight is 286 g/mol. The van der Waals surface area contributed by atoms with E-state index in [-0.39, 0.29) is 16.9 Å². The molecule has 0 aliphatic rings. The lowest BCUT2D eigenvalue weighted by atomic mass is 10.2. The van der Waals surface area contributed by atoms with Crippen LogP contribution in [0.1, 0.15) is 15.9 Å². The van der Waals surface area contributed by atoms with Crippen LogP contribution in [0.15, 0.2) is 47.5 Å². The minimum absolute atomic E-state index is 0.135. The Labute approximate surface area is 123 Å². The van der Waals surface area contributed by atoms with Crippen LogP contribution in [0.5, 0.6) is 5.75 Å². The highest BCUT2D eigenvalue weighted by molar-refractivity contribution is 5.93. The molecular weight excluding hydrogens is 268 g/mol. The van der Waals surface area contributed by atoms with Gasteiger partial charge in [-0.2, -0.15) is 0 Å². The van der Waals surface area contributed by atoms with E-state index in [1.807, 2.05) is 31.2 Å². The summed E-state index contributed by atoms with van der Waals surface area (Å²) in [5, 5.41) is 0. The van der Waals surface area contributed by atoms with Gasteiger partial charge in [-0.15, -0.1) is 0 Å². The summed E-state index contributed by atoms with van der Waals surface area (Å²) in [6.07, 6.45) is 2.92. The molecule has 0 aliphatic heterocycles. The van der Waals surface area contributed by atoms with E-state index in [9.17, 15) is 9.59 Å². The third-order valence-corrected chi connectivity index (χ3v) is 3.09. The molecule has 1 aromatic carbocycles. The number of nitrogens with one attached hydrogen (secondary N) is 1. The summed E-state index contributed by atoms with van der Waals surface area (Å²) in [4.78, 5) is 27.9. The third kappa shape index (κ3) is 3.95. The maximum atomic E-state index is 12.1. The Morgan fingerprint density at radius 1 is 1.33 bits per heavy atom. The van der Waals surface area contributed by atoms with Gasteiger partial charge in [0.1, 0.15) is 17.9 Å². The van der Waals surface area contributed by atoms with Gasteiger partial charge >= 0.3 is 0 Å². The van der Waals surface area contributed by atoms with Gasteiger partial charge < -0.3 is 14.6 Å². The quantitative estimate of drug-likeness (QED) is 0.912. The first-order chi connectivity index (χ1) is 10.1. The van der Waals surface area contributed by atoms with E-state index < -0.39 is 0 Å². The SMILES string of the molecule is Cc1cccc(OCCN(C)C(=O)c2c[nH]ccc2=O)c1. The number of aromatic amines is 1. The Kier molecular flexibility index (Phi) is 4.77. The van der Waals surface area contributed by atoms with Gasteiger partial charge in [0.2, 0.25) is 0 Å². The average Bonchev–Trinajstić information content (AvgIpc) is 2.47. The van der Waals surface area contributed by atoms with Crippen molar-refractivity contribution >= 4 is 5.91 Å². The Morgan fingerprint density at radius 3 is 2.86 bits per heavy atom. The van der Waals surface area contributed by atoms with Crippen molar-refractivity contribution in [3.63, 3.8) is 0 Å². The van der Waals surface area contributed by atoms with E-state index in [0.29, 0.717) is 13.2 Å². The lowest BCUT2D eigenvalue weighted by Crippen LogP contribution is -2.33. The van der Waals surface area contributed by atoms with Crippen molar-refractivity contribution in [3.8, 4) is 5.75 Å². The normalized spacial score (nSPS) is 10.2. The number of aryl methyl sites for hydroxylation is 1. The van der Waals surface area contributed by atoms with Crippen LogP contribution in [0, 0.1) is 6.92 Å². The number of rotatable bonds is 5. The number of benzene rings is 1. The van der Waals surface area contributed by atoms with Crippen molar-refractivity contribution in [1.82, 2.24) is 9.88 Å². The Morgan fingerprint density at radius 2 is 2.14 bits per heavy atom. The fourth-order valence-corrected chi connectivity index (χ4v) is 1.90. The second-order valence-electron chi connectivity index (χ2n) is 4.81. The van der Waals surface area contributed by atoms with Crippen molar-refractivity contribution < 1.29 is 9.53 Å². The van der Waals surface area contributed by atoms with Crippen molar-refractivity contribution in [1.29, 1.82) is 0 Å². The zero-order valence-corrected chi connectivity index (χ0v) is 12.1. The van der Waals surface area contributed by atoms with E-state index in [2.05, 4.69) is 4.98 Å². The number of amides is 1. The van der Waals surface area contributed by atoms with E-state index >= 15 is 0 Å². The molecule has 0 fully saturated rings. The molecule has 110 valence electrons. The number of ether oxygens (including phenoxy) is 1. The molecule has 0 aliphatic carbocycles. The van der Waals surface area contributed by atoms with E-state index in [4.69, 9.17) is 4.74 Å². The number of hydrogen-bond acceptors (Lipinski definition) is 3. The number of likely N-dealkylation sites (N-methyl/N-ethyl adjacent to an activating group) is 1. The first kappa shape index (κ1) is 14.8. The lowest BCUT2D eigenvalue weighted by Gasteiger charge is -2.17. The third-order valence-electron chi connectivity index (χ3n) is 3.09. The summed E-state index contributed by atoms with van der Waals surface area (Å²) in [6.45, 7) is 2.77. The predicted molar refractivity (Wildman–Crippen MR) is 80.7 cm³/mol. The van der Waals surface area contributed by atoms with Crippen molar-refractivity contribution in [2.45, 2.75) is 6.92 Å². The number of carbonyl (C=O) groups is 1. The molecule has 1 N–H and O–H groups in total. The Bertz CT molecular complexity index is 679. The number of pyridine rings is 1. The molecule has 0 unspecified atom stereocenters. The maximum absolute atomic E-state index is 12.1. The van der Waals surface area contributed by atoms with Crippen LogP contribution < -0.4 is 10.2 Å². The molecular formula is C16H18N2O3. The standard InChI is InChI=1S/C16H18N2O3/c1-12-4-3-5-13(10-12)21-9-8-18(2)16(20)14-11-17-7-6-15(14)19/h3-7,10-11H,8-9H2,1-2H3,(H,17,19). The number of H-pyrrole nitrogens is 1. The summed E-state index contributed by atoms with van der Waals surface area (Å²) >= 11 is 0.